The lowest BCUT2D eigenvalue weighted by atomic mass is 10.3. The lowest BCUT2D eigenvalue weighted by Gasteiger charge is -2.29. The smallest absolute Gasteiger partial charge is 0.371 e. The average molecular weight is 310 g/mol. The predicted octanol–water partition coefficient (Wildman–Crippen LogP) is 1.13. The molecule has 88 valence electrons. The first-order valence-electron chi connectivity index (χ1n) is 4.45. The van der Waals surface area contributed by atoms with Crippen LogP contribution >= 0.6 is 15.9 Å². The second-order valence-electron chi connectivity index (χ2n) is 3.31. The fourth-order valence-corrected chi connectivity index (χ4v) is 3.72. The molecule has 1 aromatic heterocycles. The third-order valence-corrected chi connectivity index (χ3v) is 5.05. The number of carbonyl (C=O) groups is 1. The molecule has 1 fully saturated rings. The van der Waals surface area contributed by atoms with Gasteiger partial charge in [-0.05, 0) is 22.4 Å². The van der Waals surface area contributed by atoms with Gasteiger partial charge in [-0.2, -0.15) is 4.31 Å². The van der Waals surface area contributed by atoms with Gasteiger partial charge in [0.15, 0.2) is 4.67 Å². The van der Waals surface area contributed by atoms with Crippen molar-refractivity contribution in [2.75, 3.05) is 13.1 Å². The highest BCUT2D eigenvalue weighted by molar-refractivity contribution is 9.10. The normalized spacial score (nSPS) is 17.1. The number of furan rings is 1. The Morgan fingerprint density at radius 3 is 2.50 bits per heavy atom. The minimum absolute atomic E-state index is 0.0724. The standard InChI is InChI=1S/C8H8BrNO5S/c9-7-6(4-5(15-7)8(11)12)16(13,14)10-2-1-3-10/h4H,1-3H2,(H,11,12). The number of hydrogen-bond donors (Lipinski definition) is 1. The molecule has 0 spiro atoms. The average Bonchev–Trinajstić information content (AvgIpc) is 2.43. The molecule has 16 heavy (non-hydrogen) atoms. The topological polar surface area (TPSA) is 87.8 Å². The molecule has 0 radical (unpaired) electrons. The Bertz CT molecular complexity index is 531. The number of carboxylic acids is 1. The van der Waals surface area contributed by atoms with Crippen LogP contribution in [-0.2, 0) is 10.0 Å². The second-order valence-corrected chi connectivity index (χ2v) is 5.94. The fourth-order valence-electron chi connectivity index (χ4n) is 1.30. The highest BCUT2D eigenvalue weighted by Crippen LogP contribution is 2.30. The van der Waals surface area contributed by atoms with E-state index in [1.165, 1.54) is 4.31 Å². The van der Waals surface area contributed by atoms with Crippen LogP contribution in [0.1, 0.15) is 17.0 Å². The van der Waals surface area contributed by atoms with Gasteiger partial charge in [-0.15, -0.1) is 0 Å². The molecular formula is C8H8BrNO5S. The molecule has 1 saturated heterocycles. The van der Waals surface area contributed by atoms with Crippen molar-refractivity contribution < 1.29 is 22.7 Å². The summed E-state index contributed by atoms with van der Waals surface area (Å²) in [7, 11) is -3.62. The Kier molecular flexibility index (Phi) is 2.81. The van der Waals surface area contributed by atoms with Gasteiger partial charge in [0.2, 0.25) is 15.8 Å². The summed E-state index contributed by atoms with van der Waals surface area (Å²) >= 11 is 2.91. The number of nitrogens with zero attached hydrogens (tertiary/aromatic N) is 1. The number of hydrogen-bond acceptors (Lipinski definition) is 4. The van der Waals surface area contributed by atoms with Crippen LogP contribution in [0.25, 0.3) is 0 Å². The van der Waals surface area contributed by atoms with E-state index in [2.05, 4.69) is 15.9 Å². The van der Waals surface area contributed by atoms with Gasteiger partial charge in [0, 0.05) is 19.2 Å². The SMILES string of the molecule is O=C(O)c1cc(S(=O)(=O)N2CCC2)c(Br)o1. The molecule has 1 aliphatic rings. The summed E-state index contributed by atoms with van der Waals surface area (Å²) in [6.45, 7) is 0.921. The monoisotopic (exact) mass is 309 g/mol. The summed E-state index contributed by atoms with van der Waals surface area (Å²) in [4.78, 5) is 10.5. The summed E-state index contributed by atoms with van der Waals surface area (Å²) < 4.78 is 29.8. The summed E-state index contributed by atoms with van der Waals surface area (Å²) in [6, 6.07) is 1.01. The maximum atomic E-state index is 11.9. The second kappa shape index (κ2) is 3.86. The van der Waals surface area contributed by atoms with Crippen LogP contribution in [0.15, 0.2) is 20.0 Å². The molecule has 0 amide bonds. The fraction of sp³-hybridized carbons (Fsp3) is 0.375. The predicted molar refractivity (Wildman–Crippen MR) is 56.7 cm³/mol. The van der Waals surface area contributed by atoms with Crippen molar-refractivity contribution in [3.05, 3.63) is 16.5 Å². The van der Waals surface area contributed by atoms with Crippen molar-refractivity contribution in [3.63, 3.8) is 0 Å². The van der Waals surface area contributed by atoms with E-state index < -0.39 is 21.8 Å². The van der Waals surface area contributed by atoms with Crippen molar-refractivity contribution in [2.24, 2.45) is 0 Å². The van der Waals surface area contributed by atoms with Crippen molar-refractivity contribution >= 4 is 31.9 Å². The molecule has 1 N–H and O–H groups in total. The van der Waals surface area contributed by atoms with Crippen molar-refractivity contribution in [3.8, 4) is 0 Å². The van der Waals surface area contributed by atoms with Gasteiger partial charge in [0.1, 0.15) is 4.90 Å². The summed E-state index contributed by atoms with van der Waals surface area (Å²) in [5.41, 5.74) is 0. The van der Waals surface area contributed by atoms with Crippen LogP contribution in [0, 0.1) is 0 Å². The highest BCUT2D eigenvalue weighted by atomic mass is 79.9. The first kappa shape index (κ1) is 11.6. The molecule has 1 aromatic rings. The number of sulfonamides is 1. The van der Waals surface area contributed by atoms with Gasteiger partial charge in [-0.3, -0.25) is 0 Å². The van der Waals surface area contributed by atoms with Gasteiger partial charge in [0.25, 0.3) is 0 Å². The molecule has 8 heteroatoms. The Hall–Kier alpha value is -0.860. The van der Waals surface area contributed by atoms with E-state index in [4.69, 9.17) is 9.52 Å². The molecule has 0 saturated carbocycles. The van der Waals surface area contributed by atoms with Gasteiger partial charge in [-0.25, -0.2) is 13.2 Å². The summed E-state index contributed by atoms with van der Waals surface area (Å²) in [5, 5.41) is 8.68. The van der Waals surface area contributed by atoms with E-state index in [9.17, 15) is 13.2 Å². The van der Waals surface area contributed by atoms with E-state index in [0.717, 1.165) is 12.5 Å². The maximum Gasteiger partial charge on any atom is 0.371 e. The molecule has 1 aliphatic heterocycles. The van der Waals surface area contributed by atoms with E-state index in [0.29, 0.717) is 13.1 Å². The van der Waals surface area contributed by atoms with Crippen molar-refractivity contribution in [1.82, 2.24) is 4.31 Å². The quantitative estimate of drug-likeness (QED) is 0.904. The molecule has 2 rings (SSSR count). The molecule has 0 unspecified atom stereocenters. The van der Waals surface area contributed by atoms with Crippen molar-refractivity contribution in [1.29, 1.82) is 0 Å². The summed E-state index contributed by atoms with van der Waals surface area (Å²) in [5.74, 6) is -1.70. The lowest BCUT2D eigenvalue weighted by molar-refractivity contribution is 0.0661. The molecular weight excluding hydrogens is 302 g/mol. The minimum atomic E-state index is -3.62. The Balaban J connectivity index is 2.43. The first-order valence-corrected chi connectivity index (χ1v) is 6.69. The van der Waals surface area contributed by atoms with Crippen LogP contribution in [0.4, 0.5) is 0 Å². The van der Waals surface area contributed by atoms with Crippen LogP contribution in [0.3, 0.4) is 0 Å². The van der Waals surface area contributed by atoms with Crippen LogP contribution < -0.4 is 0 Å². The van der Waals surface area contributed by atoms with Gasteiger partial charge >= 0.3 is 5.97 Å². The third-order valence-electron chi connectivity index (χ3n) is 2.30. The zero-order valence-corrected chi connectivity index (χ0v) is 10.4. The number of halogens is 1. The lowest BCUT2D eigenvalue weighted by Crippen LogP contribution is -2.41. The van der Waals surface area contributed by atoms with Gasteiger partial charge < -0.3 is 9.52 Å². The first-order chi connectivity index (χ1) is 7.43. The van der Waals surface area contributed by atoms with Crippen LogP contribution in [-0.4, -0.2) is 36.9 Å². The Labute approximate surface area is 100 Å². The molecule has 0 aromatic carbocycles. The van der Waals surface area contributed by atoms with E-state index in [-0.39, 0.29) is 9.56 Å². The molecule has 6 nitrogen and oxygen atoms in total. The van der Waals surface area contributed by atoms with Crippen LogP contribution in [0.5, 0.6) is 0 Å². The molecule has 2 heterocycles. The Morgan fingerprint density at radius 1 is 1.50 bits per heavy atom. The van der Waals surface area contributed by atoms with Crippen LogP contribution in [0.2, 0.25) is 0 Å². The van der Waals surface area contributed by atoms with Crippen molar-refractivity contribution in [2.45, 2.75) is 11.3 Å². The zero-order chi connectivity index (χ0) is 11.9. The van der Waals surface area contributed by atoms with E-state index in [1.54, 1.807) is 0 Å². The largest absolute Gasteiger partial charge is 0.475 e. The molecule has 0 bridgehead atoms. The van der Waals surface area contributed by atoms with Gasteiger partial charge in [-0.1, -0.05) is 0 Å². The molecule has 0 aliphatic carbocycles. The van der Waals surface area contributed by atoms with E-state index >= 15 is 0 Å². The number of rotatable bonds is 3. The zero-order valence-electron chi connectivity index (χ0n) is 8.01. The minimum Gasteiger partial charge on any atom is -0.475 e. The van der Waals surface area contributed by atoms with E-state index in [1.807, 2.05) is 0 Å². The number of aromatic carboxylic acids is 1. The van der Waals surface area contributed by atoms with Gasteiger partial charge in [0.05, 0.1) is 0 Å². The maximum absolute atomic E-state index is 11.9. The third kappa shape index (κ3) is 1.76. The summed E-state index contributed by atoms with van der Waals surface area (Å²) in [6.07, 6.45) is 0.820. The number of carboxylic acid groups (broad SMARTS) is 1. The molecule has 0 atom stereocenters. The highest BCUT2D eigenvalue weighted by Gasteiger charge is 2.33. The Morgan fingerprint density at radius 2 is 2.12 bits per heavy atom.